The molecule has 0 aliphatic rings. The zero-order valence-corrected chi connectivity index (χ0v) is 14.3. The van der Waals surface area contributed by atoms with Crippen molar-refractivity contribution in [2.45, 2.75) is 4.90 Å². The van der Waals surface area contributed by atoms with Crippen LogP contribution in [0.3, 0.4) is 0 Å². The smallest absolute Gasteiger partial charge is 0.271 e. The maximum atomic E-state index is 12.2. The van der Waals surface area contributed by atoms with Gasteiger partial charge in [0, 0.05) is 0 Å². The van der Waals surface area contributed by atoms with E-state index in [1.165, 1.54) is 12.1 Å². The first-order chi connectivity index (χ1) is 9.85. The molecule has 1 aromatic rings. The van der Waals surface area contributed by atoms with Gasteiger partial charge in [0.05, 0.1) is 20.9 Å². The summed E-state index contributed by atoms with van der Waals surface area (Å²) in [5.41, 5.74) is 0.267. The fourth-order valence-corrected chi connectivity index (χ4v) is 4.10. The molecular formula is C10H6Cl2N4O2S3. The number of rotatable bonds is 3. The predicted octanol–water partition coefficient (Wildman–Crippen LogP) is 3.21. The summed E-state index contributed by atoms with van der Waals surface area (Å²) in [6.07, 6.45) is 3.14. The average Bonchev–Trinajstić information content (AvgIpc) is 2.37. The van der Waals surface area contributed by atoms with Crippen molar-refractivity contribution in [1.29, 1.82) is 5.26 Å². The second-order valence-corrected chi connectivity index (χ2v) is 6.59. The van der Waals surface area contributed by atoms with Crippen LogP contribution in [0, 0.1) is 11.5 Å². The van der Waals surface area contributed by atoms with Gasteiger partial charge in [0.15, 0.2) is 11.4 Å². The molecule has 0 aromatic heterocycles. The van der Waals surface area contributed by atoms with Crippen LogP contribution in [-0.4, -0.2) is 25.0 Å². The van der Waals surface area contributed by atoms with Crippen LogP contribution in [0.4, 0.5) is 5.69 Å². The summed E-state index contributed by atoms with van der Waals surface area (Å²) in [5.74, 6) is 0. The Hall–Kier alpha value is -1.14. The lowest BCUT2D eigenvalue weighted by Gasteiger charge is -2.07. The predicted molar refractivity (Wildman–Crippen MR) is 88.0 cm³/mol. The monoisotopic (exact) mass is 380 g/mol. The summed E-state index contributed by atoms with van der Waals surface area (Å²) >= 11 is 17.2. The van der Waals surface area contributed by atoms with Crippen molar-refractivity contribution in [3.05, 3.63) is 22.2 Å². The van der Waals surface area contributed by atoms with Crippen LogP contribution in [-0.2, 0) is 10.0 Å². The summed E-state index contributed by atoms with van der Waals surface area (Å²) in [7, 11) is -4.19. The number of sulfonamides is 1. The second kappa shape index (κ2) is 7.75. The second-order valence-electron chi connectivity index (χ2n) is 3.25. The zero-order chi connectivity index (χ0) is 16.0. The van der Waals surface area contributed by atoms with Crippen molar-refractivity contribution >= 4 is 73.2 Å². The van der Waals surface area contributed by atoms with Gasteiger partial charge in [0.25, 0.3) is 10.0 Å². The molecule has 0 fully saturated rings. The van der Waals surface area contributed by atoms with Crippen LogP contribution >= 0.6 is 47.2 Å². The summed E-state index contributed by atoms with van der Waals surface area (Å²) in [5, 5.41) is 12.3. The Morgan fingerprint density at radius 2 is 2.00 bits per heavy atom. The number of thiocarbonyl (C=S) groups is 1. The third-order valence-electron chi connectivity index (χ3n) is 1.98. The molecule has 1 rings (SSSR count). The summed E-state index contributed by atoms with van der Waals surface area (Å²) in [4.78, 5) is 3.29. The molecule has 0 spiro atoms. The molecule has 0 aliphatic heterocycles. The number of nitriles is 1. The molecule has 0 amide bonds. The third-order valence-corrected chi connectivity index (χ3v) is 4.96. The molecule has 0 heterocycles. The van der Waals surface area contributed by atoms with Gasteiger partial charge in [-0.3, -0.25) is 5.32 Å². The Balaban J connectivity index is 3.46. The van der Waals surface area contributed by atoms with Crippen LogP contribution in [0.5, 0.6) is 0 Å². The molecule has 11 heteroatoms. The van der Waals surface area contributed by atoms with E-state index in [1.807, 2.05) is 0 Å². The molecule has 1 aromatic carbocycles. The normalized spacial score (nSPS) is 11.4. The first-order valence-electron chi connectivity index (χ1n) is 4.96. The van der Waals surface area contributed by atoms with Crippen LogP contribution in [0.1, 0.15) is 0 Å². The Bertz CT molecular complexity index is 757. The molecule has 0 saturated carbocycles. The van der Waals surface area contributed by atoms with Gasteiger partial charge in [-0.25, -0.2) is 0 Å². The van der Waals surface area contributed by atoms with Crippen molar-refractivity contribution < 1.29 is 8.42 Å². The van der Waals surface area contributed by atoms with Crippen molar-refractivity contribution in [2.75, 3.05) is 6.26 Å². The Labute approximate surface area is 140 Å². The van der Waals surface area contributed by atoms with E-state index in [4.69, 9.17) is 28.5 Å². The van der Waals surface area contributed by atoms with Gasteiger partial charge < -0.3 is 0 Å². The van der Waals surface area contributed by atoms with E-state index in [-0.39, 0.29) is 25.8 Å². The highest BCUT2D eigenvalue weighted by atomic mass is 35.5. The van der Waals surface area contributed by atoms with Gasteiger partial charge in [0.1, 0.15) is 4.90 Å². The van der Waals surface area contributed by atoms with Gasteiger partial charge in [-0.15, -0.1) is 4.40 Å². The van der Waals surface area contributed by atoms with E-state index in [1.54, 1.807) is 12.4 Å². The molecule has 21 heavy (non-hydrogen) atoms. The largest absolute Gasteiger partial charge is 0.287 e. The lowest BCUT2D eigenvalue weighted by Crippen LogP contribution is -2.16. The fraction of sp³-hybridized carbons (Fsp3) is 0.100. The fourth-order valence-electron chi connectivity index (χ4n) is 1.22. The minimum atomic E-state index is -4.19. The molecule has 6 nitrogen and oxygen atoms in total. The minimum Gasteiger partial charge on any atom is -0.271 e. The third kappa shape index (κ3) is 4.68. The Morgan fingerprint density at radius 1 is 1.43 bits per heavy atom. The van der Waals surface area contributed by atoms with Crippen LogP contribution in [0.2, 0.25) is 10.0 Å². The van der Waals surface area contributed by atoms with Crippen molar-refractivity contribution in [3.63, 3.8) is 0 Å². The van der Waals surface area contributed by atoms with Gasteiger partial charge >= 0.3 is 0 Å². The number of nitrogens with one attached hydrogen (secondary N) is 1. The Morgan fingerprint density at radius 3 is 2.43 bits per heavy atom. The zero-order valence-electron chi connectivity index (χ0n) is 10.3. The standard InChI is InChI=1S/C10H6Cl2N4O2S3/c1-20-10(14-4-13)16-21(17,18)9-7(11)2-6(15-5-19)3-8(9)12/h2-3H,1H3,(H,14,16). The summed E-state index contributed by atoms with van der Waals surface area (Å²) in [6, 6.07) is 2.54. The number of halogens is 2. The quantitative estimate of drug-likeness (QED) is 0.284. The van der Waals surface area contributed by atoms with E-state index < -0.39 is 10.0 Å². The lowest BCUT2D eigenvalue weighted by molar-refractivity contribution is 0.598. The van der Waals surface area contributed by atoms with Crippen molar-refractivity contribution in [3.8, 4) is 6.19 Å². The number of hydrogen-bond acceptors (Lipinski definition) is 6. The highest BCUT2D eigenvalue weighted by molar-refractivity contribution is 8.13. The molecule has 0 bridgehead atoms. The minimum absolute atomic E-state index is 0.106. The SMILES string of the molecule is CS/C(=N\S(=O)(=O)c1c(Cl)cc(N=C=S)cc1Cl)NC#N. The van der Waals surface area contributed by atoms with E-state index in [0.29, 0.717) is 0 Å². The molecule has 0 aliphatic carbocycles. The van der Waals surface area contributed by atoms with Gasteiger partial charge in [-0.1, -0.05) is 35.0 Å². The molecule has 0 radical (unpaired) electrons. The number of hydrogen-bond donors (Lipinski definition) is 1. The number of thioether (sulfide) groups is 1. The summed E-state index contributed by atoms with van der Waals surface area (Å²) < 4.78 is 27.9. The molecule has 1 N–H and O–H groups in total. The van der Waals surface area contributed by atoms with Crippen molar-refractivity contribution in [1.82, 2.24) is 5.32 Å². The lowest BCUT2D eigenvalue weighted by atomic mass is 10.3. The first kappa shape index (κ1) is 17.9. The number of aliphatic imine (C=N–C) groups is 1. The maximum Gasteiger partial charge on any atom is 0.287 e. The first-order valence-corrected chi connectivity index (χ1v) is 8.79. The van der Waals surface area contributed by atoms with Gasteiger partial charge in [0.2, 0.25) is 0 Å². The molecule has 0 atom stereocenters. The van der Waals surface area contributed by atoms with Crippen LogP contribution in [0.15, 0.2) is 26.4 Å². The molecular weight excluding hydrogens is 375 g/mol. The van der Waals surface area contributed by atoms with Gasteiger partial charge in [-0.05, 0) is 30.6 Å². The summed E-state index contributed by atoms with van der Waals surface area (Å²) in [6.45, 7) is 0. The molecule has 110 valence electrons. The number of benzene rings is 1. The van der Waals surface area contributed by atoms with E-state index >= 15 is 0 Å². The number of amidine groups is 1. The maximum absolute atomic E-state index is 12.2. The molecule has 0 saturated heterocycles. The average molecular weight is 381 g/mol. The Kier molecular flexibility index (Phi) is 6.61. The topological polar surface area (TPSA) is 94.7 Å². The molecule has 0 unspecified atom stereocenters. The van der Waals surface area contributed by atoms with E-state index in [0.717, 1.165) is 11.8 Å². The van der Waals surface area contributed by atoms with E-state index in [9.17, 15) is 8.42 Å². The van der Waals surface area contributed by atoms with Crippen LogP contribution in [0.25, 0.3) is 0 Å². The number of isothiocyanates is 1. The highest BCUT2D eigenvalue weighted by Crippen LogP contribution is 2.35. The van der Waals surface area contributed by atoms with Gasteiger partial charge in [-0.2, -0.15) is 18.7 Å². The highest BCUT2D eigenvalue weighted by Gasteiger charge is 2.23. The van der Waals surface area contributed by atoms with E-state index in [2.05, 4.69) is 32.1 Å². The number of nitrogens with zero attached hydrogens (tertiary/aromatic N) is 3. The van der Waals surface area contributed by atoms with Crippen molar-refractivity contribution in [2.24, 2.45) is 9.39 Å². The van der Waals surface area contributed by atoms with Crippen LogP contribution < -0.4 is 5.32 Å².